The summed E-state index contributed by atoms with van der Waals surface area (Å²) in [6, 6.07) is 27.5. The van der Waals surface area contributed by atoms with E-state index in [2.05, 4.69) is 17.4 Å². The lowest BCUT2D eigenvalue weighted by Gasteiger charge is -2.26. The first-order valence-corrected chi connectivity index (χ1v) is 9.15. The van der Waals surface area contributed by atoms with Gasteiger partial charge in [-0.2, -0.15) is 0 Å². The molecule has 0 saturated carbocycles. The molecule has 0 saturated heterocycles. The lowest BCUT2D eigenvalue weighted by atomic mass is 9.94. The molecule has 0 spiro atoms. The van der Waals surface area contributed by atoms with E-state index in [0.717, 1.165) is 12.0 Å². The maximum Gasteiger partial charge on any atom is 0.251 e. The van der Waals surface area contributed by atoms with Crippen molar-refractivity contribution in [3.8, 4) is 5.75 Å². The molecule has 0 heterocycles. The van der Waals surface area contributed by atoms with Gasteiger partial charge in [0.25, 0.3) is 5.91 Å². The second-order valence-corrected chi connectivity index (χ2v) is 7.30. The minimum absolute atomic E-state index is 0.0962. The Hall–Kier alpha value is -3.07. The molecule has 3 rings (SSSR count). The molecule has 0 aliphatic carbocycles. The van der Waals surface area contributed by atoms with Crippen molar-refractivity contribution >= 4 is 5.91 Å². The van der Waals surface area contributed by atoms with Crippen LogP contribution in [-0.4, -0.2) is 11.4 Å². The number of hydrogen-bond acceptors (Lipinski definition) is 2. The van der Waals surface area contributed by atoms with Gasteiger partial charge in [-0.25, -0.2) is 0 Å². The van der Waals surface area contributed by atoms with Crippen LogP contribution in [0.4, 0.5) is 0 Å². The van der Waals surface area contributed by atoms with Crippen LogP contribution in [0.2, 0.25) is 0 Å². The Kier molecular flexibility index (Phi) is 5.92. The quantitative estimate of drug-likeness (QED) is 0.643. The third kappa shape index (κ3) is 5.71. The van der Waals surface area contributed by atoms with Crippen LogP contribution in [-0.2, 0) is 13.0 Å². The van der Waals surface area contributed by atoms with Crippen molar-refractivity contribution < 1.29 is 9.53 Å². The second kappa shape index (κ2) is 8.54. The second-order valence-electron chi connectivity index (χ2n) is 7.30. The SMILES string of the molecule is CC(C)(Cc1ccccc1)NC(=O)c1cccc(OCc2ccccc2)c1. The molecular weight excluding hydrogens is 334 g/mol. The largest absolute Gasteiger partial charge is 0.489 e. The molecular formula is C24H25NO2. The van der Waals surface area contributed by atoms with Gasteiger partial charge >= 0.3 is 0 Å². The summed E-state index contributed by atoms with van der Waals surface area (Å²) < 4.78 is 5.83. The van der Waals surface area contributed by atoms with Crippen molar-refractivity contribution in [1.82, 2.24) is 5.32 Å². The predicted octanol–water partition coefficient (Wildman–Crippen LogP) is 5.02. The first-order chi connectivity index (χ1) is 13.0. The first-order valence-electron chi connectivity index (χ1n) is 9.15. The molecule has 1 N–H and O–H groups in total. The molecule has 27 heavy (non-hydrogen) atoms. The number of carbonyl (C=O) groups is 1. The standard InChI is InChI=1S/C24H25NO2/c1-24(2,17-19-10-5-3-6-11-19)25-23(26)21-14-9-15-22(16-21)27-18-20-12-7-4-8-13-20/h3-16H,17-18H2,1-2H3,(H,25,26). The molecule has 3 heteroatoms. The molecule has 0 aromatic heterocycles. The van der Waals surface area contributed by atoms with Gasteiger partial charge in [0.15, 0.2) is 0 Å². The van der Waals surface area contributed by atoms with E-state index in [0.29, 0.717) is 17.9 Å². The summed E-state index contributed by atoms with van der Waals surface area (Å²) in [7, 11) is 0. The minimum atomic E-state index is -0.348. The molecule has 1 amide bonds. The summed E-state index contributed by atoms with van der Waals surface area (Å²) in [4.78, 5) is 12.7. The Morgan fingerprint density at radius 3 is 2.15 bits per heavy atom. The number of rotatable bonds is 7. The van der Waals surface area contributed by atoms with E-state index in [1.165, 1.54) is 5.56 Å². The van der Waals surface area contributed by atoms with E-state index in [1.54, 1.807) is 6.07 Å². The number of carbonyl (C=O) groups excluding carboxylic acids is 1. The highest BCUT2D eigenvalue weighted by molar-refractivity contribution is 5.95. The summed E-state index contributed by atoms with van der Waals surface area (Å²) in [5.41, 5.74) is 2.54. The van der Waals surface area contributed by atoms with E-state index in [-0.39, 0.29) is 11.4 Å². The van der Waals surface area contributed by atoms with Crippen LogP contribution in [0.3, 0.4) is 0 Å². The maximum atomic E-state index is 12.7. The third-order valence-electron chi connectivity index (χ3n) is 4.29. The fraction of sp³-hybridized carbons (Fsp3) is 0.208. The topological polar surface area (TPSA) is 38.3 Å². The highest BCUT2D eigenvalue weighted by Crippen LogP contribution is 2.18. The Morgan fingerprint density at radius 1 is 0.852 bits per heavy atom. The van der Waals surface area contributed by atoms with Gasteiger partial charge in [0.05, 0.1) is 0 Å². The normalized spacial score (nSPS) is 11.0. The number of ether oxygens (including phenoxy) is 1. The monoisotopic (exact) mass is 359 g/mol. The van der Waals surface area contributed by atoms with Gasteiger partial charge in [-0.3, -0.25) is 4.79 Å². The molecule has 0 unspecified atom stereocenters. The van der Waals surface area contributed by atoms with Gasteiger partial charge in [0.2, 0.25) is 0 Å². The van der Waals surface area contributed by atoms with Crippen molar-refractivity contribution in [2.75, 3.05) is 0 Å². The van der Waals surface area contributed by atoms with Crippen LogP contribution < -0.4 is 10.1 Å². The van der Waals surface area contributed by atoms with E-state index >= 15 is 0 Å². The molecule has 3 aromatic rings. The zero-order valence-corrected chi connectivity index (χ0v) is 15.8. The lowest BCUT2D eigenvalue weighted by Crippen LogP contribution is -2.45. The van der Waals surface area contributed by atoms with Crippen LogP contribution >= 0.6 is 0 Å². The van der Waals surface area contributed by atoms with Crippen LogP contribution in [0.15, 0.2) is 84.9 Å². The summed E-state index contributed by atoms with van der Waals surface area (Å²) in [5, 5.41) is 3.13. The molecule has 0 bridgehead atoms. The Labute approximate surface area is 161 Å². The van der Waals surface area contributed by atoms with Gasteiger partial charge in [0, 0.05) is 11.1 Å². The van der Waals surface area contributed by atoms with Gasteiger partial charge in [-0.05, 0) is 49.6 Å². The maximum absolute atomic E-state index is 12.7. The van der Waals surface area contributed by atoms with Gasteiger partial charge in [-0.1, -0.05) is 66.7 Å². The minimum Gasteiger partial charge on any atom is -0.489 e. The lowest BCUT2D eigenvalue weighted by molar-refractivity contribution is 0.0912. The molecule has 3 nitrogen and oxygen atoms in total. The fourth-order valence-corrected chi connectivity index (χ4v) is 3.00. The average molecular weight is 359 g/mol. The zero-order valence-electron chi connectivity index (χ0n) is 15.8. The van der Waals surface area contributed by atoms with Crippen molar-refractivity contribution in [3.05, 3.63) is 102 Å². The molecule has 138 valence electrons. The number of benzene rings is 3. The third-order valence-corrected chi connectivity index (χ3v) is 4.29. The zero-order chi connectivity index (χ0) is 19.1. The Morgan fingerprint density at radius 2 is 1.48 bits per heavy atom. The van der Waals surface area contributed by atoms with Gasteiger partial charge in [-0.15, -0.1) is 0 Å². The average Bonchev–Trinajstić information content (AvgIpc) is 2.67. The number of hydrogen-bond donors (Lipinski definition) is 1. The van der Waals surface area contributed by atoms with Crippen LogP contribution in [0, 0.1) is 0 Å². The van der Waals surface area contributed by atoms with E-state index in [9.17, 15) is 4.79 Å². The predicted molar refractivity (Wildman–Crippen MR) is 109 cm³/mol. The number of amides is 1. The van der Waals surface area contributed by atoms with Crippen molar-refractivity contribution in [1.29, 1.82) is 0 Å². The van der Waals surface area contributed by atoms with Gasteiger partial charge < -0.3 is 10.1 Å². The van der Waals surface area contributed by atoms with Gasteiger partial charge in [0.1, 0.15) is 12.4 Å². The summed E-state index contributed by atoms with van der Waals surface area (Å²) in [5.74, 6) is 0.591. The van der Waals surface area contributed by atoms with E-state index in [1.807, 2.05) is 80.6 Å². The van der Waals surface area contributed by atoms with Crippen LogP contribution in [0.5, 0.6) is 5.75 Å². The molecule has 0 fully saturated rings. The van der Waals surface area contributed by atoms with Crippen LogP contribution in [0.1, 0.15) is 35.3 Å². The highest BCUT2D eigenvalue weighted by atomic mass is 16.5. The molecule has 0 aliphatic rings. The summed E-state index contributed by atoms with van der Waals surface area (Å²) >= 11 is 0. The number of nitrogens with one attached hydrogen (secondary N) is 1. The van der Waals surface area contributed by atoms with Crippen LogP contribution in [0.25, 0.3) is 0 Å². The van der Waals surface area contributed by atoms with Crippen molar-refractivity contribution in [2.24, 2.45) is 0 Å². The van der Waals surface area contributed by atoms with E-state index < -0.39 is 0 Å². The molecule has 0 atom stereocenters. The van der Waals surface area contributed by atoms with E-state index in [4.69, 9.17) is 4.74 Å². The first kappa shape index (κ1) is 18.7. The van der Waals surface area contributed by atoms with Crippen molar-refractivity contribution in [2.45, 2.75) is 32.4 Å². The Balaban J connectivity index is 1.62. The van der Waals surface area contributed by atoms with Crippen molar-refractivity contribution in [3.63, 3.8) is 0 Å². The molecule has 0 radical (unpaired) electrons. The summed E-state index contributed by atoms with van der Waals surface area (Å²) in [6.45, 7) is 4.55. The molecule has 3 aromatic carbocycles. The fourth-order valence-electron chi connectivity index (χ4n) is 3.00. The smallest absolute Gasteiger partial charge is 0.251 e. The molecule has 0 aliphatic heterocycles. The summed E-state index contributed by atoms with van der Waals surface area (Å²) in [6.07, 6.45) is 0.768. The Bertz CT molecular complexity index is 873. The highest BCUT2D eigenvalue weighted by Gasteiger charge is 2.22.